The van der Waals surface area contributed by atoms with Crippen molar-refractivity contribution in [1.29, 1.82) is 0 Å². The number of fused-ring (bicyclic) bond motifs is 2. The van der Waals surface area contributed by atoms with E-state index in [9.17, 15) is 18.9 Å². The van der Waals surface area contributed by atoms with Gasteiger partial charge >= 0.3 is 5.97 Å². The molecule has 0 radical (unpaired) electrons. The molecule has 1 amide bonds. The third-order valence-electron chi connectivity index (χ3n) is 5.02. The van der Waals surface area contributed by atoms with E-state index in [0.29, 0.717) is 32.3 Å². The molecular formula is C24H20N2O4S. The van der Waals surface area contributed by atoms with E-state index in [1.807, 2.05) is 42.5 Å². The molecule has 1 heterocycles. The highest BCUT2D eigenvalue weighted by atomic mass is 32.2. The maximum absolute atomic E-state index is 13.2. The number of hydrogen-bond acceptors (Lipinski definition) is 4. The lowest BCUT2D eigenvalue weighted by molar-refractivity contribution is -0.139. The van der Waals surface area contributed by atoms with Crippen LogP contribution in [0.1, 0.15) is 16.8 Å². The normalized spacial score (nSPS) is 13.0. The molecule has 156 valence electrons. The van der Waals surface area contributed by atoms with Gasteiger partial charge in [0.2, 0.25) is 0 Å². The van der Waals surface area contributed by atoms with E-state index in [0.717, 1.165) is 0 Å². The first-order valence-corrected chi connectivity index (χ1v) is 11.1. The average molecular weight is 433 g/mol. The molecule has 0 aliphatic carbocycles. The second-order valence-corrected chi connectivity index (χ2v) is 8.61. The van der Waals surface area contributed by atoms with Gasteiger partial charge < -0.3 is 10.4 Å². The van der Waals surface area contributed by atoms with Crippen LogP contribution >= 0.6 is 0 Å². The molecule has 4 rings (SSSR count). The smallest absolute Gasteiger partial charge is 0.326 e. The first-order chi connectivity index (χ1) is 15.0. The molecule has 3 aromatic carbocycles. The number of carbonyl (C=O) groups excluding carboxylic acids is 1. The first-order valence-electron chi connectivity index (χ1n) is 9.79. The van der Waals surface area contributed by atoms with Gasteiger partial charge in [-0.1, -0.05) is 54.6 Å². The minimum atomic E-state index is -1.35. The van der Waals surface area contributed by atoms with Gasteiger partial charge in [0.05, 0.1) is 27.4 Å². The van der Waals surface area contributed by atoms with Crippen molar-refractivity contribution in [3.8, 4) is 0 Å². The number of para-hydroxylation sites is 2. The van der Waals surface area contributed by atoms with Crippen LogP contribution in [-0.2, 0) is 15.6 Å². The van der Waals surface area contributed by atoms with Crippen molar-refractivity contribution in [2.24, 2.45) is 0 Å². The predicted octanol–water partition coefficient (Wildman–Crippen LogP) is 3.77. The number of carboxylic acids is 1. The molecule has 0 spiro atoms. The zero-order valence-electron chi connectivity index (χ0n) is 16.5. The van der Waals surface area contributed by atoms with E-state index in [1.54, 1.807) is 36.4 Å². The Morgan fingerprint density at radius 2 is 1.42 bits per heavy atom. The van der Waals surface area contributed by atoms with Gasteiger partial charge in [0.15, 0.2) is 0 Å². The summed E-state index contributed by atoms with van der Waals surface area (Å²) in [6, 6.07) is 22.2. The van der Waals surface area contributed by atoms with Gasteiger partial charge in [0.25, 0.3) is 5.91 Å². The zero-order chi connectivity index (χ0) is 21.8. The highest BCUT2D eigenvalue weighted by molar-refractivity contribution is 7.85. The van der Waals surface area contributed by atoms with Crippen molar-refractivity contribution in [2.75, 3.05) is 5.75 Å². The quantitative estimate of drug-likeness (QED) is 0.434. The molecule has 0 saturated carbocycles. The molecule has 2 N–H and O–H groups in total. The summed E-state index contributed by atoms with van der Waals surface area (Å²) in [7, 11) is -1.35. The van der Waals surface area contributed by atoms with Crippen LogP contribution in [0.3, 0.4) is 0 Å². The molecule has 0 bridgehead atoms. The largest absolute Gasteiger partial charge is 0.480 e. The summed E-state index contributed by atoms with van der Waals surface area (Å²) >= 11 is 0. The fourth-order valence-electron chi connectivity index (χ4n) is 3.49. The maximum Gasteiger partial charge on any atom is 0.326 e. The molecule has 4 aromatic rings. The molecule has 31 heavy (non-hydrogen) atoms. The van der Waals surface area contributed by atoms with E-state index < -0.39 is 28.7 Å². The molecule has 1 aromatic heterocycles. The molecular weight excluding hydrogens is 412 g/mol. The predicted molar refractivity (Wildman–Crippen MR) is 120 cm³/mol. The molecule has 0 fully saturated rings. The number of nitrogens with one attached hydrogen (secondary N) is 1. The molecule has 0 aliphatic rings. The van der Waals surface area contributed by atoms with E-state index in [-0.39, 0.29) is 12.2 Å². The van der Waals surface area contributed by atoms with E-state index >= 15 is 0 Å². The minimum Gasteiger partial charge on any atom is -0.480 e. The Labute approximate surface area is 181 Å². The van der Waals surface area contributed by atoms with Crippen LogP contribution in [0.2, 0.25) is 0 Å². The van der Waals surface area contributed by atoms with Gasteiger partial charge in [-0.15, -0.1) is 0 Å². The van der Waals surface area contributed by atoms with Gasteiger partial charge in [-0.3, -0.25) is 9.00 Å². The van der Waals surface area contributed by atoms with Crippen LogP contribution < -0.4 is 5.32 Å². The number of nitrogens with zero attached hydrogens (tertiary/aromatic N) is 1. The number of rotatable bonds is 7. The Kier molecular flexibility index (Phi) is 6.04. The maximum atomic E-state index is 13.2. The van der Waals surface area contributed by atoms with Crippen LogP contribution in [0.4, 0.5) is 0 Å². The van der Waals surface area contributed by atoms with Gasteiger partial charge in [0.1, 0.15) is 6.04 Å². The highest BCUT2D eigenvalue weighted by Crippen LogP contribution is 2.26. The van der Waals surface area contributed by atoms with Gasteiger partial charge in [-0.05, 0) is 30.7 Å². The number of hydrogen-bond donors (Lipinski definition) is 2. The Bertz CT molecular complexity index is 1240. The summed E-state index contributed by atoms with van der Waals surface area (Å²) in [6.45, 7) is 0. The number of aliphatic carboxylic acids is 1. The Morgan fingerprint density at radius 3 is 2.00 bits per heavy atom. The van der Waals surface area contributed by atoms with Crippen LogP contribution in [-0.4, -0.2) is 38.0 Å². The summed E-state index contributed by atoms with van der Waals surface area (Å²) in [5.41, 5.74) is 1.70. The van der Waals surface area contributed by atoms with Crippen LogP contribution in [0.25, 0.3) is 21.8 Å². The number of benzene rings is 3. The number of carbonyl (C=O) groups is 2. The lowest BCUT2D eigenvalue weighted by atomic mass is 10.0. The highest BCUT2D eigenvalue weighted by Gasteiger charge is 2.24. The number of pyridine rings is 1. The third-order valence-corrected chi connectivity index (χ3v) is 6.42. The average Bonchev–Trinajstić information content (AvgIpc) is 2.80. The van der Waals surface area contributed by atoms with E-state index in [4.69, 9.17) is 0 Å². The molecule has 0 aliphatic heterocycles. The number of aromatic nitrogens is 1. The van der Waals surface area contributed by atoms with E-state index in [1.165, 1.54) is 0 Å². The van der Waals surface area contributed by atoms with Crippen molar-refractivity contribution < 1.29 is 18.9 Å². The minimum absolute atomic E-state index is 0.0452. The van der Waals surface area contributed by atoms with Gasteiger partial charge in [0, 0.05) is 21.4 Å². The van der Waals surface area contributed by atoms with Crippen molar-refractivity contribution in [3.63, 3.8) is 0 Å². The zero-order valence-corrected chi connectivity index (χ0v) is 17.3. The van der Waals surface area contributed by atoms with Crippen molar-refractivity contribution in [3.05, 3.63) is 84.4 Å². The summed E-state index contributed by atoms with van der Waals surface area (Å²) < 4.78 is 12.5. The van der Waals surface area contributed by atoms with Crippen LogP contribution in [0.5, 0.6) is 0 Å². The standard InChI is InChI=1S/C24H20N2O4S/c27-23(26-21(24(28)29)14-15-31(30)16-8-2-1-3-9-16)22-17-10-4-6-12-19(17)25-20-13-7-5-11-18(20)22/h1-13,21H,14-15H2,(H,26,27)(H,28,29)/t21-,31-/m1/s1. The van der Waals surface area contributed by atoms with Crippen molar-refractivity contribution in [2.45, 2.75) is 17.4 Å². The fourth-order valence-corrected chi connectivity index (χ4v) is 4.63. The number of amides is 1. The van der Waals surface area contributed by atoms with Gasteiger partial charge in [-0.2, -0.15) is 0 Å². The molecule has 7 heteroatoms. The molecule has 0 saturated heterocycles. The lowest BCUT2D eigenvalue weighted by Gasteiger charge is -2.16. The summed E-state index contributed by atoms with van der Waals surface area (Å²) in [6.07, 6.45) is 0.0452. The lowest BCUT2D eigenvalue weighted by Crippen LogP contribution is -2.41. The summed E-state index contributed by atoms with van der Waals surface area (Å²) in [5.74, 6) is -1.53. The van der Waals surface area contributed by atoms with Crippen LogP contribution in [0.15, 0.2) is 83.8 Å². The van der Waals surface area contributed by atoms with Crippen molar-refractivity contribution in [1.82, 2.24) is 10.3 Å². The summed E-state index contributed by atoms with van der Waals surface area (Å²) in [4.78, 5) is 30.3. The van der Waals surface area contributed by atoms with E-state index in [2.05, 4.69) is 10.3 Å². The fraction of sp³-hybridized carbons (Fsp3) is 0.125. The second-order valence-electron chi connectivity index (χ2n) is 7.04. The van der Waals surface area contributed by atoms with Crippen LogP contribution in [0, 0.1) is 0 Å². The first kappa shape index (κ1) is 20.7. The SMILES string of the molecule is O=C(N[C@H](CC[S@@](=O)c1ccccc1)C(=O)O)c1c2ccccc2nc2ccccc12. The second kappa shape index (κ2) is 9.06. The Morgan fingerprint density at radius 1 is 0.871 bits per heavy atom. The third kappa shape index (κ3) is 4.46. The van der Waals surface area contributed by atoms with Gasteiger partial charge in [-0.25, -0.2) is 9.78 Å². The monoisotopic (exact) mass is 432 g/mol. The number of carboxylic acid groups (broad SMARTS) is 1. The molecule has 2 atom stereocenters. The molecule has 0 unspecified atom stereocenters. The Hall–Kier alpha value is -3.58. The topological polar surface area (TPSA) is 96.4 Å². The molecule has 6 nitrogen and oxygen atoms in total. The summed E-state index contributed by atoms with van der Waals surface area (Å²) in [5, 5.41) is 13.6. The Balaban J connectivity index is 1.61. The van der Waals surface area contributed by atoms with Crippen molar-refractivity contribution >= 4 is 44.5 Å².